The van der Waals surface area contributed by atoms with Gasteiger partial charge in [-0.2, -0.15) is 0 Å². The Labute approximate surface area is 140 Å². The highest BCUT2D eigenvalue weighted by Gasteiger charge is 2.27. The quantitative estimate of drug-likeness (QED) is 0.808. The van der Waals surface area contributed by atoms with Crippen molar-refractivity contribution in [1.82, 2.24) is 14.7 Å². The van der Waals surface area contributed by atoms with Crippen LogP contribution in [0.4, 0.5) is 0 Å². The summed E-state index contributed by atoms with van der Waals surface area (Å²) in [5.41, 5.74) is 1.23. The standard InChI is InChI=1S/C18H33N3O2/c1-4-21(17-8-6-5-7-9-17)18(23)14-19-10-11-20(13-16(3)22)15(2)12-19/h8,15-16,22H,4-7,9-14H2,1-3H3/t15-,16+/m1/s1. The molecule has 0 saturated carbocycles. The maximum atomic E-state index is 12.7. The Bertz CT molecular complexity index is 422. The van der Waals surface area contributed by atoms with Gasteiger partial charge in [-0.1, -0.05) is 6.08 Å². The minimum absolute atomic E-state index is 0.233. The van der Waals surface area contributed by atoms with Crippen LogP contribution in [0.5, 0.6) is 0 Å². The molecule has 2 atom stereocenters. The number of hydrogen-bond donors (Lipinski definition) is 1. The van der Waals surface area contributed by atoms with E-state index in [9.17, 15) is 9.90 Å². The van der Waals surface area contributed by atoms with Gasteiger partial charge in [-0.25, -0.2) is 0 Å². The van der Waals surface area contributed by atoms with Crippen LogP contribution in [-0.4, -0.2) is 77.1 Å². The molecule has 0 aromatic carbocycles. The van der Waals surface area contributed by atoms with Crippen molar-refractivity contribution in [3.63, 3.8) is 0 Å². The average Bonchev–Trinajstić information content (AvgIpc) is 2.51. The predicted octanol–water partition coefficient (Wildman–Crippen LogP) is 1.68. The molecule has 2 aliphatic rings. The van der Waals surface area contributed by atoms with E-state index in [0.29, 0.717) is 12.6 Å². The minimum Gasteiger partial charge on any atom is -0.392 e. The first kappa shape index (κ1) is 18.4. The van der Waals surface area contributed by atoms with Gasteiger partial charge in [-0.15, -0.1) is 0 Å². The predicted molar refractivity (Wildman–Crippen MR) is 93.1 cm³/mol. The van der Waals surface area contributed by atoms with Crippen LogP contribution in [-0.2, 0) is 4.79 Å². The van der Waals surface area contributed by atoms with Gasteiger partial charge in [0.05, 0.1) is 12.6 Å². The van der Waals surface area contributed by atoms with E-state index in [2.05, 4.69) is 29.7 Å². The lowest BCUT2D eigenvalue weighted by molar-refractivity contribution is -0.131. The number of piperazine rings is 1. The number of aliphatic hydroxyl groups excluding tert-OH is 1. The fraction of sp³-hybridized carbons (Fsp3) is 0.833. The largest absolute Gasteiger partial charge is 0.392 e. The second-order valence-corrected chi connectivity index (χ2v) is 7.01. The Balaban J connectivity index is 1.86. The van der Waals surface area contributed by atoms with Crippen LogP contribution >= 0.6 is 0 Å². The molecule has 1 heterocycles. The summed E-state index contributed by atoms with van der Waals surface area (Å²) < 4.78 is 0. The van der Waals surface area contributed by atoms with Gasteiger partial charge < -0.3 is 10.0 Å². The molecule has 0 aromatic rings. The smallest absolute Gasteiger partial charge is 0.240 e. The van der Waals surface area contributed by atoms with Gasteiger partial charge >= 0.3 is 0 Å². The van der Waals surface area contributed by atoms with Crippen molar-refractivity contribution in [3.8, 4) is 0 Å². The van der Waals surface area contributed by atoms with E-state index in [1.807, 2.05) is 11.8 Å². The molecule has 132 valence electrons. The summed E-state index contributed by atoms with van der Waals surface area (Å²) in [7, 11) is 0. The zero-order valence-electron chi connectivity index (χ0n) is 15.0. The van der Waals surface area contributed by atoms with Gasteiger partial charge in [0.2, 0.25) is 5.91 Å². The molecule has 1 amide bonds. The fourth-order valence-electron chi connectivity index (χ4n) is 3.71. The first-order chi connectivity index (χ1) is 11.0. The highest BCUT2D eigenvalue weighted by molar-refractivity contribution is 5.80. The number of likely N-dealkylation sites (N-methyl/N-ethyl adjacent to an activating group) is 1. The van der Waals surface area contributed by atoms with Crippen molar-refractivity contribution in [3.05, 3.63) is 11.8 Å². The van der Waals surface area contributed by atoms with Crippen molar-refractivity contribution in [2.24, 2.45) is 0 Å². The topological polar surface area (TPSA) is 47.0 Å². The summed E-state index contributed by atoms with van der Waals surface area (Å²) >= 11 is 0. The summed E-state index contributed by atoms with van der Waals surface area (Å²) in [6.45, 7) is 10.8. The van der Waals surface area contributed by atoms with Crippen LogP contribution in [0, 0.1) is 0 Å². The van der Waals surface area contributed by atoms with E-state index in [4.69, 9.17) is 0 Å². The van der Waals surface area contributed by atoms with Gasteiger partial charge in [0.25, 0.3) is 0 Å². The molecule has 2 rings (SSSR count). The molecule has 0 bridgehead atoms. The van der Waals surface area contributed by atoms with Crippen molar-refractivity contribution < 1.29 is 9.90 Å². The highest BCUT2D eigenvalue weighted by Crippen LogP contribution is 2.21. The van der Waals surface area contributed by atoms with Crippen LogP contribution in [0.15, 0.2) is 11.8 Å². The molecule has 1 aliphatic carbocycles. The lowest BCUT2D eigenvalue weighted by Crippen LogP contribution is -2.55. The summed E-state index contributed by atoms with van der Waals surface area (Å²) in [5, 5.41) is 9.56. The molecule has 0 spiro atoms. The zero-order chi connectivity index (χ0) is 16.8. The summed E-state index contributed by atoms with van der Waals surface area (Å²) in [5.74, 6) is 0.233. The Morgan fingerprint density at radius 2 is 2.22 bits per heavy atom. The first-order valence-electron chi connectivity index (χ1n) is 9.15. The van der Waals surface area contributed by atoms with E-state index in [1.54, 1.807) is 0 Å². The van der Waals surface area contributed by atoms with Gasteiger partial charge in [0.1, 0.15) is 0 Å². The number of β-amino-alcohol motifs (C(OH)–C–C–N with tert-alkyl or cyclic N) is 1. The van der Waals surface area contributed by atoms with Crippen molar-refractivity contribution >= 4 is 5.91 Å². The zero-order valence-corrected chi connectivity index (χ0v) is 15.0. The van der Waals surface area contributed by atoms with Crippen molar-refractivity contribution in [2.45, 2.75) is 58.6 Å². The number of carbonyl (C=O) groups is 1. The molecular weight excluding hydrogens is 290 g/mol. The number of nitrogens with zero attached hydrogens (tertiary/aromatic N) is 3. The molecular formula is C18H33N3O2. The molecule has 0 unspecified atom stereocenters. The number of amides is 1. The molecule has 1 N–H and O–H groups in total. The van der Waals surface area contributed by atoms with Gasteiger partial charge in [0, 0.05) is 44.5 Å². The molecule has 1 aliphatic heterocycles. The van der Waals surface area contributed by atoms with E-state index < -0.39 is 0 Å². The van der Waals surface area contributed by atoms with E-state index in [0.717, 1.165) is 45.6 Å². The summed E-state index contributed by atoms with van der Waals surface area (Å²) in [4.78, 5) is 19.2. The molecule has 5 heteroatoms. The number of aliphatic hydroxyl groups is 1. The van der Waals surface area contributed by atoms with Crippen LogP contribution < -0.4 is 0 Å². The number of carbonyl (C=O) groups excluding carboxylic acids is 1. The number of hydrogen-bond acceptors (Lipinski definition) is 4. The molecule has 23 heavy (non-hydrogen) atoms. The number of rotatable bonds is 6. The van der Waals surface area contributed by atoms with E-state index >= 15 is 0 Å². The van der Waals surface area contributed by atoms with E-state index in [1.165, 1.54) is 18.5 Å². The molecule has 1 saturated heterocycles. The second-order valence-electron chi connectivity index (χ2n) is 7.01. The fourth-order valence-corrected chi connectivity index (χ4v) is 3.71. The Morgan fingerprint density at radius 3 is 2.78 bits per heavy atom. The summed E-state index contributed by atoms with van der Waals surface area (Å²) in [6, 6.07) is 0.384. The minimum atomic E-state index is -0.292. The first-order valence-corrected chi connectivity index (χ1v) is 9.15. The molecule has 5 nitrogen and oxygen atoms in total. The van der Waals surface area contributed by atoms with Crippen LogP contribution in [0.2, 0.25) is 0 Å². The SMILES string of the molecule is CCN(C(=O)CN1CCN(C[C@H](C)O)[C@H](C)C1)C1=CCCCC1. The van der Waals surface area contributed by atoms with Crippen LogP contribution in [0.25, 0.3) is 0 Å². The maximum Gasteiger partial charge on any atom is 0.240 e. The van der Waals surface area contributed by atoms with Crippen LogP contribution in [0.1, 0.15) is 46.5 Å². The Kier molecular flexibility index (Phi) is 7.06. The lowest BCUT2D eigenvalue weighted by Gasteiger charge is -2.40. The lowest BCUT2D eigenvalue weighted by atomic mass is 10.0. The molecule has 0 radical (unpaired) electrons. The monoisotopic (exact) mass is 323 g/mol. The van der Waals surface area contributed by atoms with Gasteiger partial charge in [-0.3, -0.25) is 14.6 Å². The van der Waals surface area contributed by atoms with Crippen molar-refractivity contribution in [2.75, 3.05) is 39.3 Å². The Hall–Kier alpha value is -0.910. The molecule has 0 aromatic heterocycles. The Morgan fingerprint density at radius 1 is 1.43 bits per heavy atom. The normalized spacial score (nSPS) is 25.0. The van der Waals surface area contributed by atoms with Gasteiger partial charge in [-0.05, 0) is 46.5 Å². The average molecular weight is 323 g/mol. The number of allylic oxidation sites excluding steroid dienone is 2. The third kappa shape index (κ3) is 5.30. The van der Waals surface area contributed by atoms with Gasteiger partial charge in [0.15, 0.2) is 0 Å². The summed E-state index contributed by atoms with van der Waals surface area (Å²) in [6.07, 6.45) is 6.54. The third-order valence-corrected chi connectivity index (χ3v) is 4.94. The maximum absolute atomic E-state index is 12.7. The van der Waals surface area contributed by atoms with Crippen molar-refractivity contribution in [1.29, 1.82) is 0 Å². The van der Waals surface area contributed by atoms with Crippen LogP contribution in [0.3, 0.4) is 0 Å². The molecule has 1 fully saturated rings. The third-order valence-electron chi connectivity index (χ3n) is 4.94. The second kappa shape index (κ2) is 8.81. The highest BCUT2D eigenvalue weighted by atomic mass is 16.3. The van der Waals surface area contributed by atoms with E-state index in [-0.39, 0.29) is 12.0 Å².